The zero-order chi connectivity index (χ0) is 26.9. The molecule has 8 nitrogen and oxygen atoms in total. The van der Waals surface area contributed by atoms with Gasteiger partial charge in [0.15, 0.2) is 5.43 Å². The second kappa shape index (κ2) is 9.97. The van der Waals surface area contributed by atoms with Crippen LogP contribution in [0, 0.1) is 11.3 Å². The summed E-state index contributed by atoms with van der Waals surface area (Å²) in [5, 5.41) is 26.2. The summed E-state index contributed by atoms with van der Waals surface area (Å²) < 4.78 is 5.85. The van der Waals surface area contributed by atoms with Gasteiger partial charge in [0, 0.05) is 40.9 Å². The Hall–Kier alpha value is -4.33. The number of phenols is 1. The summed E-state index contributed by atoms with van der Waals surface area (Å²) in [6.45, 7) is 8.90. The zero-order valence-electron chi connectivity index (χ0n) is 21.2. The summed E-state index contributed by atoms with van der Waals surface area (Å²) in [5.41, 5.74) is 1.72. The molecule has 1 aliphatic carbocycles. The van der Waals surface area contributed by atoms with Gasteiger partial charge in [0.1, 0.15) is 17.1 Å². The Balaban J connectivity index is 1.74. The van der Waals surface area contributed by atoms with Crippen LogP contribution in [0.4, 0.5) is 10.5 Å². The predicted molar refractivity (Wildman–Crippen MR) is 143 cm³/mol. The number of phenolic OH excluding ortho intramolecular Hbond substituents is 1. The van der Waals surface area contributed by atoms with Gasteiger partial charge in [0.05, 0.1) is 5.56 Å². The van der Waals surface area contributed by atoms with Crippen molar-refractivity contribution in [3.63, 3.8) is 0 Å². The van der Waals surface area contributed by atoms with Crippen LogP contribution in [-0.2, 0) is 0 Å². The number of anilines is 1. The van der Waals surface area contributed by atoms with Crippen LogP contribution in [0.25, 0.3) is 33.4 Å². The summed E-state index contributed by atoms with van der Waals surface area (Å²) in [7, 11) is 0. The van der Waals surface area contributed by atoms with Crippen molar-refractivity contribution in [2.75, 3.05) is 11.9 Å². The van der Waals surface area contributed by atoms with Crippen LogP contribution in [-0.4, -0.2) is 28.8 Å². The maximum absolute atomic E-state index is 12.6. The van der Waals surface area contributed by atoms with E-state index in [9.17, 15) is 24.6 Å². The summed E-state index contributed by atoms with van der Waals surface area (Å²) >= 11 is 0. The topological polar surface area (TPSA) is 129 Å². The number of hydrogen-bond acceptors (Lipinski definition) is 5. The van der Waals surface area contributed by atoms with Gasteiger partial charge in [-0.1, -0.05) is 33.8 Å². The molecule has 2 aliphatic rings. The number of aromatic carboxylic acids is 1. The van der Waals surface area contributed by atoms with Crippen molar-refractivity contribution in [1.29, 1.82) is 0 Å². The van der Waals surface area contributed by atoms with E-state index >= 15 is 0 Å². The molecule has 4 N–H and O–H groups in total. The first-order valence-electron chi connectivity index (χ1n) is 12.1. The monoisotopic (exact) mass is 502 g/mol. The Kier molecular flexibility index (Phi) is 6.94. The molecule has 0 saturated carbocycles. The van der Waals surface area contributed by atoms with Crippen molar-refractivity contribution < 1.29 is 24.2 Å². The summed E-state index contributed by atoms with van der Waals surface area (Å²) in [5.74, 6) is -0.450. The number of amides is 2. The highest BCUT2D eigenvalue weighted by atomic mass is 16.4. The van der Waals surface area contributed by atoms with Crippen molar-refractivity contribution in [1.82, 2.24) is 5.32 Å². The van der Waals surface area contributed by atoms with Gasteiger partial charge >= 0.3 is 12.0 Å². The first-order valence-corrected chi connectivity index (χ1v) is 12.1. The first kappa shape index (κ1) is 25.8. The third kappa shape index (κ3) is 5.74. The minimum atomic E-state index is -1.18. The molecule has 0 fully saturated rings. The lowest BCUT2D eigenvalue weighted by Crippen LogP contribution is -2.37. The van der Waals surface area contributed by atoms with Crippen LogP contribution in [0.2, 0.25) is 0 Å². The van der Waals surface area contributed by atoms with Gasteiger partial charge in [-0.3, -0.25) is 4.79 Å². The minimum absolute atomic E-state index is 0.0274. The highest BCUT2D eigenvalue weighted by Gasteiger charge is 2.23. The van der Waals surface area contributed by atoms with E-state index in [0.717, 1.165) is 6.42 Å². The summed E-state index contributed by atoms with van der Waals surface area (Å²) in [6, 6.07) is 13.1. The maximum Gasteiger partial charge on any atom is 0.336 e. The average molecular weight is 503 g/mol. The molecule has 0 aromatic heterocycles. The molecule has 0 spiro atoms. The number of nitrogens with one attached hydrogen (secondary N) is 2. The van der Waals surface area contributed by atoms with Crippen LogP contribution >= 0.6 is 0 Å². The predicted octanol–water partition coefficient (Wildman–Crippen LogP) is 6.16. The van der Waals surface area contributed by atoms with Crippen LogP contribution in [0.1, 0.15) is 44.5 Å². The summed E-state index contributed by atoms with van der Waals surface area (Å²) in [6.07, 6.45) is 0.946. The molecule has 2 aromatic rings. The number of benzene rings is 3. The Morgan fingerprint density at radius 2 is 1.73 bits per heavy atom. The number of carbonyl (C=O) groups is 2. The smallest absolute Gasteiger partial charge is 0.336 e. The van der Waals surface area contributed by atoms with Crippen LogP contribution in [0.3, 0.4) is 0 Å². The van der Waals surface area contributed by atoms with Gasteiger partial charge < -0.3 is 25.3 Å². The number of carboxylic acid groups (broad SMARTS) is 1. The zero-order valence-corrected chi connectivity index (χ0v) is 21.2. The Bertz CT molecular complexity index is 1520. The van der Waals surface area contributed by atoms with E-state index < -0.39 is 12.0 Å². The molecule has 0 radical (unpaired) electrons. The van der Waals surface area contributed by atoms with E-state index in [2.05, 4.69) is 38.3 Å². The highest BCUT2D eigenvalue weighted by molar-refractivity contribution is 6.08. The number of fused-ring (bicyclic) bond motifs is 2. The molecule has 2 aromatic carbocycles. The normalized spacial score (nSPS) is 11.7. The second-order valence-electron chi connectivity index (χ2n) is 10.5. The second-order valence-corrected chi connectivity index (χ2v) is 10.5. The molecule has 1 heterocycles. The van der Waals surface area contributed by atoms with Gasteiger partial charge in [-0.25, -0.2) is 9.59 Å². The number of carboxylic acids is 1. The van der Waals surface area contributed by atoms with Gasteiger partial charge in [0.25, 0.3) is 0 Å². The lowest BCUT2D eigenvalue weighted by Gasteiger charge is -2.27. The average Bonchev–Trinajstić information content (AvgIpc) is 2.80. The van der Waals surface area contributed by atoms with Gasteiger partial charge in [-0.15, -0.1) is 0 Å². The molecule has 8 heteroatoms. The third-order valence-corrected chi connectivity index (χ3v) is 6.14. The van der Waals surface area contributed by atoms with Crippen molar-refractivity contribution in [2.45, 2.75) is 34.1 Å². The molecule has 192 valence electrons. The highest BCUT2D eigenvalue weighted by Crippen LogP contribution is 2.42. The van der Waals surface area contributed by atoms with E-state index in [4.69, 9.17) is 4.42 Å². The fourth-order valence-corrected chi connectivity index (χ4v) is 4.84. The molecule has 2 amide bonds. The molecule has 37 heavy (non-hydrogen) atoms. The number of hydrogen-bond donors (Lipinski definition) is 4. The van der Waals surface area contributed by atoms with Crippen molar-refractivity contribution >= 4 is 28.7 Å². The van der Waals surface area contributed by atoms with E-state index in [0.29, 0.717) is 45.8 Å². The number of aromatic hydroxyl groups is 1. The number of urea groups is 1. The quantitative estimate of drug-likeness (QED) is 0.224. The Morgan fingerprint density at radius 1 is 1.00 bits per heavy atom. The fraction of sp³-hybridized carbons (Fsp3) is 0.276. The lowest BCUT2D eigenvalue weighted by atomic mass is 9.84. The largest absolute Gasteiger partial charge is 0.508 e. The number of carbonyl (C=O) groups excluding carboxylic acids is 1. The van der Waals surface area contributed by atoms with Gasteiger partial charge in [-0.2, -0.15) is 0 Å². The molecule has 0 bridgehead atoms. The summed E-state index contributed by atoms with van der Waals surface area (Å²) in [4.78, 5) is 36.9. The third-order valence-electron chi connectivity index (χ3n) is 6.14. The van der Waals surface area contributed by atoms with Crippen LogP contribution < -0.4 is 16.1 Å². The van der Waals surface area contributed by atoms with Crippen molar-refractivity contribution in [3.05, 3.63) is 70.4 Å². The van der Waals surface area contributed by atoms with Gasteiger partial charge in [0.2, 0.25) is 0 Å². The molecule has 0 unspecified atom stereocenters. The van der Waals surface area contributed by atoms with Gasteiger partial charge in [-0.05, 0) is 59.7 Å². The molecule has 4 rings (SSSR count). The number of rotatable bonds is 7. The Labute approximate surface area is 214 Å². The maximum atomic E-state index is 12.6. The van der Waals surface area contributed by atoms with Crippen molar-refractivity contribution in [3.8, 4) is 28.2 Å². The van der Waals surface area contributed by atoms with Crippen LogP contribution in [0.5, 0.6) is 5.75 Å². The molecule has 0 atom stereocenters. The lowest BCUT2D eigenvalue weighted by molar-refractivity contribution is 0.0697. The fourth-order valence-electron chi connectivity index (χ4n) is 4.84. The first-order chi connectivity index (χ1) is 17.4. The Morgan fingerprint density at radius 3 is 2.43 bits per heavy atom. The SMILES string of the molecule is CC(C)CC(C)(C)CNC(=O)Nc1ccc(-c2c3ccc(=O)cc-3oc3cc(O)ccc23)c(C(=O)O)c1. The molecule has 1 aliphatic heterocycles. The van der Waals surface area contributed by atoms with E-state index in [1.54, 1.807) is 24.3 Å². The standard InChI is InChI=1S/C29H30N2O6/c1-16(2)14-29(3,4)15-30-28(36)31-17-5-8-20(23(11-17)27(34)35)26-21-9-6-18(32)12-24(21)37-25-13-19(33)7-10-22(25)26/h5-13,16,32H,14-15H2,1-4H3,(H,34,35)(H2,30,31,36). The molecular formula is C29H30N2O6. The van der Waals surface area contributed by atoms with E-state index in [-0.39, 0.29) is 27.9 Å². The molecular weight excluding hydrogens is 472 g/mol. The van der Waals surface area contributed by atoms with E-state index in [1.807, 2.05) is 0 Å². The van der Waals surface area contributed by atoms with Crippen molar-refractivity contribution in [2.24, 2.45) is 11.3 Å². The molecule has 0 saturated heterocycles. The van der Waals surface area contributed by atoms with Crippen LogP contribution in [0.15, 0.2) is 63.8 Å². The minimum Gasteiger partial charge on any atom is -0.508 e. The van der Waals surface area contributed by atoms with E-state index in [1.165, 1.54) is 30.3 Å².